The summed E-state index contributed by atoms with van der Waals surface area (Å²) >= 11 is 6.92. The molecule has 0 bridgehead atoms. The average Bonchev–Trinajstić information content (AvgIpc) is 2.97. The highest BCUT2D eigenvalue weighted by Crippen LogP contribution is 2.46. The summed E-state index contributed by atoms with van der Waals surface area (Å²) in [6.45, 7) is 0. The highest BCUT2D eigenvalue weighted by Gasteiger charge is 2.20. The smallest absolute Gasteiger partial charge is 0.271 e. The Morgan fingerprint density at radius 2 is 1.88 bits per heavy atom. The number of non-ortho nitro benzene ring substituents is 1. The van der Waals surface area contributed by atoms with E-state index in [0.29, 0.717) is 38.4 Å². The molecule has 0 radical (unpaired) electrons. The van der Waals surface area contributed by atoms with E-state index in [1.165, 1.54) is 12.1 Å². The molecule has 0 saturated heterocycles. The lowest BCUT2D eigenvalue weighted by Crippen LogP contribution is -1.95. The first-order valence-corrected chi connectivity index (χ1v) is 8.29. The number of benzene rings is 2. The normalized spacial score (nSPS) is 10.8. The number of hydrogen-bond acceptors (Lipinski definition) is 5. The minimum Gasteiger partial charge on any atom is -0.495 e. The maximum atomic E-state index is 10.9. The second kappa shape index (κ2) is 6.40. The van der Waals surface area contributed by atoms with Crippen LogP contribution in [0.5, 0.6) is 11.5 Å². The van der Waals surface area contributed by atoms with E-state index in [0.717, 1.165) is 4.47 Å². The highest BCUT2D eigenvalue weighted by molar-refractivity contribution is 9.11. The molecule has 0 aliphatic carbocycles. The molecule has 1 heterocycles. The molecule has 0 amide bonds. The number of aromatic amines is 1. The number of hydrogen-bond donors (Lipinski definition) is 1. The molecule has 0 atom stereocenters. The number of H-pyrrole nitrogens is 1. The van der Waals surface area contributed by atoms with Gasteiger partial charge in [-0.15, -0.1) is 0 Å². The van der Waals surface area contributed by atoms with Crippen LogP contribution in [-0.2, 0) is 0 Å². The van der Waals surface area contributed by atoms with Crippen molar-refractivity contribution in [1.29, 1.82) is 0 Å². The third-order valence-electron chi connectivity index (χ3n) is 3.47. The van der Waals surface area contributed by atoms with Crippen molar-refractivity contribution in [2.75, 3.05) is 14.2 Å². The zero-order valence-corrected chi connectivity index (χ0v) is 15.8. The first-order chi connectivity index (χ1) is 11.5. The third kappa shape index (κ3) is 2.73. The van der Waals surface area contributed by atoms with Crippen molar-refractivity contribution in [3.05, 3.63) is 43.3 Å². The summed E-state index contributed by atoms with van der Waals surface area (Å²) in [5, 5.41) is 10.9. The van der Waals surface area contributed by atoms with Crippen LogP contribution in [0.1, 0.15) is 0 Å². The van der Waals surface area contributed by atoms with E-state index in [2.05, 4.69) is 41.8 Å². The minimum absolute atomic E-state index is 0.00163. The lowest BCUT2D eigenvalue weighted by Gasteiger charge is -2.13. The Hall–Kier alpha value is -2.13. The van der Waals surface area contributed by atoms with Crippen molar-refractivity contribution in [2.24, 2.45) is 0 Å². The number of fused-ring (bicyclic) bond motifs is 1. The molecule has 0 fully saturated rings. The molecule has 3 aromatic rings. The Morgan fingerprint density at radius 1 is 1.17 bits per heavy atom. The van der Waals surface area contributed by atoms with Crippen LogP contribution in [0.25, 0.3) is 22.4 Å². The Bertz CT molecular complexity index is 956. The van der Waals surface area contributed by atoms with Gasteiger partial charge in [-0.2, -0.15) is 0 Å². The van der Waals surface area contributed by atoms with Gasteiger partial charge in [0.2, 0.25) is 0 Å². The first-order valence-electron chi connectivity index (χ1n) is 6.70. The van der Waals surface area contributed by atoms with E-state index in [9.17, 15) is 10.1 Å². The molecule has 24 heavy (non-hydrogen) atoms. The highest BCUT2D eigenvalue weighted by atomic mass is 79.9. The second-order valence-corrected chi connectivity index (χ2v) is 6.48. The SMILES string of the molecule is COc1c(Br)cc(-c2nc3ccc([N+](=O)[O-])cc3[nH]2)c(OC)c1Br. The number of halogens is 2. The summed E-state index contributed by atoms with van der Waals surface area (Å²) in [4.78, 5) is 18.0. The van der Waals surface area contributed by atoms with E-state index < -0.39 is 4.92 Å². The van der Waals surface area contributed by atoms with Gasteiger partial charge in [0.25, 0.3) is 5.69 Å². The van der Waals surface area contributed by atoms with Crippen molar-refractivity contribution in [3.8, 4) is 22.9 Å². The summed E-state index contributed by atoms with van der Waals surface area (Å²) in [6.07, 6.45) is 0. The molecule has 0 spiro atoms. The molecule has 0 aliphatic heterocycles. The quantitative estimate of drug-likeness (QED) is 0.454. The van der Waals surface area contributed by atoms with E-state index in [1.54, 1.807) is 20.3 Å². The van der Waals surface area contributed by atoms with Gasteiger partial charge in [-0.1, -0.05) is 0 Å². The van der Waals surface area contributed by atoms with Crippen LogP contribution in [0.3, 0.4) is 0 Å². The Labute approximate surface area is 153 Å². The summed E-state index contributed by atoms with van der Waals surface area (Å²) in [5.74, 6) is 1.68. The van der Waals surface area contributed by atoms with Gasteiger partial charge < -0.3 is 14.5 Å². The molecule has 0 aliphatic rings. The third-order valence-corrected chi connectivity index (χ3v) is 4.78. The van der Waals surface area contributed by atoms with Crippen molar-refractivity contribution in [1.82, 2.24) is 9.97 Å². The molecule has 1 aromatic heterocycles. The molecule has 1 N–H and O–H groups in total. The van der Waals surface area contributed by atoms with Crippen molar-refractivity contribution >= 4 is 48.6 Å². The number of nitro benzene ring substituents is 1. The van der Waals surface area contributed by atoms with E-state index in [-0.39, 0.29) is 5.69 Å². The second-order valence-electron chi connectivity index (χ2n) is 4.83. The summed E-state index contributed by atoms with van der Waals surface area (Å²) < 4.78 is 12.2. The Balaban J connectivity index is 2.22. The maximum Gasteiger partial charge on any atom is 0.271 e. The van der Waals surface area contributed by atoms with Crippen molar-refractivity contribution in [2.45, 2.75) is 0 Å². The van der Waals surface area contributed by atoms with Crippen LogP contribution in [0.4, 0.5) is 5.69 Å². The van der Waals surface area contributed by atoms with Gasteiger partial charge >= 0.3 is 0 Å². The molecular weight excluding hydrogens is 446 g/mol. The molecule has 3 rings (SSSR count). The van der Waals surface area contributed by atoms with E-state index in [4.69, 9.17) is 9.47 Å². The van der Waals surface area contributed by atoms with Crippen molar-refractivity contribution in [3.63, 3.8) is 0 Å². The van der Waals surface area contributed by atoms with Gasteiger partial charge in [0.15, 0.2) is 5.75 Å². The Kier molecular flexibility index (Phi) is 4.46. The van der Waals surface area contributed by atoms with Crippen LogP contribution in [-0.4, -0.2) is 29.1 Å². The fourth-order valence-electron chi connectivity index (χ4n) is 2.39. The number of methoxy groups -OCH3 is 2. The summed E-state index contributed by atoms with van der Waals surface area (Å²) in [5.41, 5.74) is 1.89. The van der Waals surface area contributed by atoms with E-state index >= 15 is 0 Å². The van der Waals surface area contributed by atoms with Crippen molar-refractivity contribution < 1.29 is 14.4 Å². The number of imidazole rings is 1. The van der Waals surface area contributed by atoms with Gasteiger partial charge in [-0.25, -0.2) is 4.98 Å². The van der Waals surface area contributed by atoms with Gasteiger partial charge in [0.1, 0.15) is 16.0 Å². The zero-order chi connectivity index (χ0) is 17.4. The van der Waals surface area contributed by atoms with Crippen LogP contribution in [0, 0.1) is 10.1 Å². The van der Waals surface area contributed by atoms with Gasteiger partial charge in [-0.05, 0) is 44.0 Å². The van der Waals surface area contributed by atoms with Crippen LogP contribution >= 0.6 is 31.9 Å². The van der Waals surface area contributed by atoms with E-state index in [1.807, 2.05) is 6.07 Å². The number of nitrogens with one attached hydrogen (secondary N) is 1. The van der Waals surface area contributed by atoms with Crippen LogP contribution in [0.15, 0.2) is 33.2 Å². The molecule has 0 saturated carbocycles. The molecule has 9 heteroatoms. The average molecular weight is 457 g/mol. The fraction of sp³-hybridized carbons (Fsp3) is 0.133. The number of nitro groups is 1. The van der Waals surface area contributed by atoms with Gasteiger partial charge in [0, 0.05) is 12.1 Å². The molecule has 2 aromatic carbocycles. The molecule has 0 unspecified atom stereocenters. The molecule has 124 valence electrons. The molecular formula is C15H11Br2N3O4. The van der Waals surface area contributed by atoms with Gasteiger partial charge in [-0.3, -0.25) is 10.1 Å². The standard InChI is InChI=1S/C15H11Br2N3O4/c1-23-13-8(6-9(16)14(24-2)12(13)17)15-18-10-4-3-7(20(21)22)5-11(10)19-15/h3-6H,1-2H3,(H,18,19). The lowest BCUT2D eigenvalue weighted by atomic mass is 10.2. The Morgan fingerprint density at radius 3 is 2.50 bits per heavy atom. The number of rotatable bonds is 4. The molecule has 7 nitrogen and oxygen atoms in total. The van der Waals surface area contributed by atoms with Crippen LogP contribution in [0.2, 0.25) is 0 Å². The number of ether oxygens (including phenoxy) is 2. The first kappa shape index (κ1) is 16.7. The summed E-state index contributed by atoms with van der Waals surface area (Å²) in [6, 6.07) is 6.29. The predicted molar refractivity (Wildman–Crippen MR) is 96.7 cm³/mol. The topological polar surface area (TPSA) is 90.3 Å². The summed E-state index contributed by atoms with van der Waals surface area (Å²) in [7, 11) is 3.11. The van der Waals surface area contributed by atoms with Gasteiger partial charge in [0.05, 0.1) is 40.2 Å². The maximum absolute atomic E-state index is 10.9. The number of aromatic nitrogens is 2. The lowest BCUT2D eigenvalue weighted by molar-refractivity contribution is -0.384. The minimum atomic E-state index is -0.443. The largest absolute Gasteiger partial charge is 0.495 e. The zero-order valence-electron chi connectivity index (χ0n) is 12.6. The fourth-order valence-corrected chi connectivity index (χ4v) is 3.99. The number of nitrogens with zero attached hydrogens (tertiary/aromatic N) is 2. The predicted octanol–water partition coefficient (Wildman–Crippen LogP) is 4.68. The monoisotopic (exact) mass is 455 g/mol. The van der Waals surface area contributed by atoms with Crippen LogP contribution < -0.4 is 9.47 Å².